The third kappa shape index (κ3) is 3.78. The van der Waals surface area contributed by atoms with E-state index in [1.165, 1.54) is 0 Å². The number of aromatic nitrogens is 2. The first kappa shape index (κ1) is 15.4. The molecule has 9 heteroatoms. The van der Waals surface area contributed by atoms with E-state index in [1.807, 2.05) is 6.92 Å². The highest BCUT2D eigenvalue weighted by molar-refractivity contribution is 7.92. The topological polar surface area (TPSA) is 84.0 Å². The Morgan fingerprint density at radius 1 is 1.35 bits per heavy atom. The number of nitrogens with one attached hydrogen (secondary N) is 2. The van der Waals surface area contributed by atoms with Crippen LogP contribution in [0.4, 0.5) is 5.69 Å². The molecule has 0 saturated heterocycles. The van der Waals surface area contributed by atoms with Crippen molar-refractivity contribution in [2.24, 2.45) is 0 Å². The van der Waals surface area contributed by atoms with E-state index in [4.69, 9.17) is 11.6 Å². The Morgan fingerprint density at radius 2 is 2.15 bits per heavy atom. The van der Waals surface area contributed by atoms with Crippen molar-refractivity contribution >= 4 is 50.1 Å². The van der Waals surface area contributed by atoms with Crippen LogP contribution in [0, 0.1) is 0 Å². The van der Waals surface area contributed by atoms with Gasteiger partial charge in [0.25, 0.3) is 0 Å². The molecular weight excluding hydrogens is 320 g/mol. The summed E-state index contributed by atoms with van der Waals surface area (Å²) in [6.45, 7) is 3.46. The van der Waals surface area contributed by atoms with E-state index < -0.39 is 10.0 Å². The summed E-state index contributed by atoms with van der Waals surface area (Å²) in [5.41, 5.74) is 1.42. The van der Waals surface area contributed by atoms with Gasteiger partial charge in [0.15, 0.2) is 0 Å². The van der Waals surface area contributed by atoms with Gasteiger partial charge in [-0.25, -0.2) is 8.42 Å². The van der Waals surface area contributed by atoms with Crippen molar-refractivity contribution < 1.29 is 8.42 Å². The van der Waals surface area contributed by atoms with Gasteiger partial charge in [0, 0.05) is 0 Å². The summed E-state index contributed by atoms with van der Waals surface area (Å²) >= 11 is 7.07. The van der Waals surface area contributed by atoms with Crippen LogP contribution in [0.25, 0.3) is 11.0 Å². The number of halogens is 1. The number of hydrogen-bond donors (Lipinski definition) is 2. The number of fused-ring (bicyclic) bond motifs is 1. The average molecular weight is 335 g/mol. The molecule has 2 rings (SSSR count). The second-order valence-electron chi connectivity index (χ2n) is 4.18. The summed E-state index contributed by atoms with van der Waals surface area (Å²) in [5, 5.41) is 3.40. The lowest BCUT2D eigenvalue weighted by Crippen LogP contribution is -2.22. The highest BCUT2D eigenvalue weighted by Crippen LogP contribution is 2.30. The first-order valence-electron chi connectivity index (χ1n) is 6.15. The van der Waals surface area contributed by atoms with Crippen molar-refractivity contribution in [3.8, 4) is 0 Å². The molecular formula is C11H15ClN4O2S2. The summed E-state index contributed by atoms with van der Waals surface area (Å²) in [6.07, 6.45) is 0.534. The Hall–Kier alpha value is -0.960. The van der Waals surface area contributed by atoms with Gasteiger partial charge in [0.1, 0.15) is 11.0 Å². The van der Waals surface area contributed by atoms with E-state index in [0.717, 1.165) is 18.3 Å². The molecule has 0 spiro atoms. The molecule has 110 valence electrons. The number of benzene rings is 1. The molecule has 0 radical (unpaired) electrons. The monoisotopic (exact) mass is 334 g/mol. The Kier molecular flexibility index (Phi) is 5.14. The SMILES string of the molecule is CCNCCCS(=O)(=O)Nc1c(Cl)ccc2nsnc12. The second-order valence-corrected chi connectivity index (χ2v) is 6.96. The van der Waals surface area contributed by atoms with Gasteiger partial charge < -0.3 is 5.32 Å². The largest absolute Gasteiger partial charge is 0.317 e. The Balaban J connectivity index is 2.14. The van der Waals surface area contributed by atoms with E-state index in [9.17, 15) is 8.42 Å². The van der Waals surface area contributed by atoms with Crippen molar-refractivity contribution in [1.29, 1.82) is 0 Å². The number of sulfonamides is 1. The van der Waals surface area contributed by atoms with Gasteiger partial charge in [-0.05, 0) is 31.6 Å². The highest BCUT2D eigenvalue weighted by atomic mass is 35.5. The van der Waals surface area contributed by atoms with E-state index >= 15 is 0 Å². The molecule has 2 aromatic rings. The van der Waals surface area contributed by atoms with Crippen LogP contribution in [0.15, 0.2) is 12.1 Å². The number of anilines is 1. The summed E-state index contributed by atoms with van der Waals surface area (Å²) in [5.74, 6) is 0.0320. The van der Waals surface area contributed by atoms with E-state index in [-0.39, 0.29) is 5.75 Å². The minimum atomic E-state index is -3.44. The van der Waals surface area contributed by atoms with Crippen LogP contribution in [-0.2, 0) is 10.0 Å². The zero-order valence-electron chi connectivity index (χ0n) is 10.9. The fraction of sp³-hybridized carbons (Fsp3) is 0.455. The van der Waals surface area contributed by atoms with Gasteiger partial charge in [-0.15, -0.1) is 0 Å². The van der Waals surface area contributed by atoms with Crippen molar-refractivity contribution in [3.63, 3.8) is 0 Å². The Bertz CT molecular complexity index is 687. The second kappa shape index (κ2) is 6.66. The molecule has 0 aliphatic carbocycles. The molecule has 0 atom stereocenters. The quantitative estimate of drug-likeness (QED) is 0.757. The van der Waals surface area contributed by atoms with Crippen LogP contribution in [0.3, 0.4) is 0 Å². The first-order valence-corrected chi connectivity index (χ1v) is 8.91. The molecule has 0 saturated carbocycles. The highest BCUT2D eigenvalue weighted by Gasteiger charge is 2.16. The fourth-order valence-electron chi connectivity index (χ4n) is 1.69. The number of hydrogen-bond acceptors (Lipinski definition) is 6. The molecule has 0 unspecified atom stereocenters. The molecule has 0 fully saturated rings. The lowest BCUT2D eigenvalue weighted by atomic mass is 10.3. The molecule has 20 heavy (non-hydrogen) atoms. The van der Waals surface area contributed by atoms with Crippen molar-refractivity contribution in [3.05, 3.63) is 17.2 Å². The van der Waals surface area contributed by atoms with Crippen LogP contribution in [-0.4, -0.2) is 36.0 Å². The smallest absolute Gasteiger partial charge is 0.232 e. The number of nitrogens with zero attached hydrogens (tertiary/aromatic N) is 2. The van der Waals surface area contributed by atoms with Crippen LogP contribution < -0.4 is 10.0 Å². The van der Waals surface area contributed by atoms with Crippen molar-refractivity contribution in [2.45, 2.75) is 13.3 Å². The molecule has 2 N–H and O–H groups in total. The normalized spacial score (nSPS) is 11.9. The van der Waals surface area contributed by atoms with Crippen LogP contribution in [0.5, 0.6) is 0 Å². The molecule has 1 heterocycles. The molecule has 0 bridgehead atoms. The zero-order valence-corrected chi connectivity index (χ0v) is 13.3. The lowest BCUT2D eigenvalue weighted by Gasteiger charge is -2.10. The average Bonchev–Trinajstić information content (AvgIpc) is 2.87. The maximum absolute atomic E-state index is 12.0. The third-order valence-electron chi connectivity index (χ3n) is 2.65. The van der Waals surface area contributed by atoms with E-state index in [2.05, 4.69) is 18.8 Å². The van der Waals surface area contributed by atoms with Gasteiger partial charge in [0.2, 0.25) is 10.0 Å². The van der Waals surface area contributed by atoms with Crippen LogP contribution >= 0.6 is 23.3 Å². The third-order valence-corrected chi connectivity index (χ3v) is 4.85. The lowest BCUT2D eigenvalue weighted by molar-refractivity contribution is 0.595. The van der Waals surface area contributed by atoms with Gasteiger partial charge in [-0.1, -0.05) is 18.5 Å². The molecule has 0 amide bonds. The van der Waals surface area contributed by atoms with Gasteiger partial charge in [-0.2, -0.15) is 8.75 Å². The van der Waals surface area contributed by atoms with Gasteiger partial charge in [-0.3, -0.25) is 4.72 Å². The molecule has 0 aliphatic heterocycles. The van der Waals surface area contributed by atoms with Crippen LogP contribution in [0.2, 0.25) is 5.02 Å². The predicted molar refractivity (Wildman–Crippen MR) is 83.0 cm³/mol. The molecule has 1 aromatic heterocycles. The first-order chi connectivity index (χ1) is 9.53. The van der Waals surface area contributed by atoms with E-state index in [0.29, 0.717) is 34.7 Å². The van der Waals surface area contributed by atoms with Gasteiger partial charge >= 0.3 is 0 Å². The van der Waals surface area contributed by atoms with Gasteiger partial charge in [0.05, 0.1) is 28.2 Å². The summed E-state index contributed by atoms with van der Waals surface area (Å²) in [6, 6.07) is 3.33. The standard InChI is InChI=1S/C11H15ClN4O2S2/c1-2-13-6-3-7-20(17,18)16-10-8(12)4-5-9-11(10)15-19-14-9/h4-5,13,16H,2-3,6-7H2,1H3. The maximum atomic E-state index is 12.0. The maximum Gasteiger partial charge on any atom is 0.232 e. The van der Waals surface area contributed by atoms with Crippen LogP contribution in [0.1, 0.15) is 13.3 Å². The zero-order chi connectivity index (χ0) is 14.6. The minimum absolute atomic E-state index is 0.0320. The minimum Gasteiger partial charge on any atom is -0.317 e. The summed E-state index contributed by atoms with van der Waals surface area (Å²) in [4.78, 5) is 0. The Morgan fingerprint density at radius 3 is 2.90 bits per heavy atom. The number of rotatable bonds is 7. The summed E-state index contributed by atoms with van der Waals surface area (Å²) < 4.78 is 34.7. The Labute approximate surface area is 126 Å². The fourth-order valence-corrected chi connectivity index (χ4v) is 3.64. The molecule has 1 aromatic carbocycles. The molecule has 0 aliphatic rings. The predicted octanol–water partition coefficient (Wildman–Crippen LogP) is 2.09. The van der Waals surface area contributed by atoms with Crippen molar-refractivity contribution in [1.82, 2.24) is 14.1 Å². The summed E-state index contributed by atoms with van der Waals surface area (Å²) in [7, 11) is -3.44. The van der Waals surface area contributed by atoms with E-state index in [1.54, 1.807) is 12.1 Å². The van der Waals surface area contributed by atoms with Crippen molar-refractivity contribution in [2.75, 3.05) is 23.6 Å². The molecule has 6 nitrogen and oxygen atoms in total.